The summed E-state index contributed by atoms with van der Waals surface area (Å²) in [5, 5.41) is 0.716. The number of halogens is 1. The normalized spacial score (nSPS) is 10.5. The highest BCUT2D eigenvalue weighted by atomic mass is 79.9. The Balaban J connectivity index is 2.85. The van der Waals surface area contributed by atoms with Gasteiger partial charge in [-0.1, -0.05) is 15.9 Å². The lowest BCUT2D eigenvalue weighted by Gasteiger charge is -2.05. The summed E-state index contributed by atoms with van der Waals surface area (Å²) in [5.41, 5.74) is 0.271. The second-order valence-electron chi connectivity index (χ2n) is 3.52. The molecule has 2 rings (SSSR count). The van der Waals surface area contributed by atoms with Crippen molar-refractivity contribution in [2.45, 2.75) is 6.92 Å². The Hall–Kier alpha value is -1.62. The molecule has 0 atom stereocenters. The van der Waals surface area contributed by atoms with Gasteiger partial charge in [-0.15, -0.1) is 0 Å². The molecule has 0 fully saturated rings. The largest absolute Gasteiger partial charge is 0.465 e. The molecule has 0 saturated carbocycles. The maximum atomic E-state index is 11.7. The molecule has 0 aliphatic heterocycles. The smallest absolute Gasteiger partial charge is 0.351 e. The topological polar surface area (TPSA) is 56.5 Å². The molecule has 0 aliphatic rings. The van der Waals surface area contributed by atoms with Gasteiger partial charge in [0.1, 0.15) is 11.1 Å². The molecule has 0 saturated heterocycles. The maximum absolute atomic E-state index is 11.7. The fourth-order valence-electron chi connectivity index (χ4n) is 1.67. The molecule has 88 valence electrons. The van der Waals surface area contributed by atoms with Gasteiger partial charge in [0.2, 0.25) is 0 Å². The number of rotatable bonds is 1. The van der Waals surface area contributed by atoms with Crippen molar-refractivity contribution in [3.05, 3.63) is 44.2 Å². The zero-order valence-corrected chi connectivity index (χ0v) is 10.8. The fraction of sp³-hybridized carbons (Fsp3) is 0.167. The van der Waals surface area contributed by atoms with E-state index >= 15 is 0 Å². The third kappa shape index (κ3) is 1.98. The summed E-state index contributed by atoms with van der Waals surface area (Å²) >= 11 is 3.29. The van der Waals surface area contributed by atoms with E-state index in [4.69, 9.17) is 4.42 Å². The second kappa shape index (κ2) is 4.33. The monoisotopic (exact) mass is 296 g/mol. The average molecular weight is 297 g/mol. The summed E-state index contributed by atoms with van der Waals surface area (Å²) in [4.78, 5) is 23.2. The van der Waals surface area contributed by atoms with Crippen LogP contribution in [-0.2, 0) is 4.74 Å². The summed E-state index contributed by atoms with van der Waals surface area (Å²) in [6.45, 7) is 1.69. The number of fused-ring (bicyclic) bond motifs is 1. The minimum absolute atomic E-state index is 0.0534. The lowest BCUT2D eigenvalue weighted by atomic mass is 10.1. The number of hydrogen-bond donors (Lipinski definition) is 0. The predicted molar refractivity (Wildman–Crippen MR) is 66.3 cm³/mol. The molecule has 4 nitrogen and oxygen atoms in total. The van der Waals surface area contributed by atoms with Crippen molar-refractivity contribution >= 4 is 32.9 Å². The molecule has 0 bridgehead atoms. The van der Waals surface area contributed by atoms with Gasteiger partial charge in [-0.2, -0.15) is 0 Å². The van der Waals surface area contributed by atoms with E-state index < -0.39 is 11.6 Å². The van der Waals surface area contributed by atoms with Crippen molar-refractivity contribution in [2.75, 3.05) is 7.11 Å². The number of carbonyl (C=O) groups excluding carboxylic acids is 1. The van der Waals surface area contributed by atoms with Gasteiger partial charge in [0, 0.05) is 9.86 Å². The fourth-order valence-corrected chi connectivity index (χ4v) is 2.01. The van der Waals surface area contributed by atoms with E-state index in [-0.39, 0.29) is 5.56 Å². The number of esters is 1. The van der Waals surface area contributed by atoms with Crippen LogP contribution in [0.5, 0.6) is 0 Å². The number of methoxy groups -OCH3 is 1. The molecular weight excluding hydrogens is 288 g/mol. The Bertz CT molecular complexity index is 657. The van der Waals surface area contributed by atoms with Crippen LogP contribution in [0.25, 0.3) is 11.0 Å². The highest BCUT2D eigenvalue weighted by Crippen LogP contribution is 2.23. The third-order valence-corrected chi connectivity index (χ3v) is 3.01. The molecular formula is C12H9BrO4. The Morgan fingerprint density at radius 2 is 2.12 bits per heavy atom. The zero-order chi connectivity index (χ0) is 12.6. The first-order chi connectivity index (χ1) is 8.04. The molecule has 0 aliphatic carbocycles. The van der Waals surface area contributed by atoms with E-state index in [1.165, 1.54) is 7.11 Å². The molecule has 0 unspecified atom stereocenters. The highest BCUT2D eigenvalue weighted by molar-refractivity contribution is 9.10. The summed E-state index contributed by atoms with van der Waals surface area (Å²) in [5.74, 6) is -0.680. The third-order valence-electron chi connectivity index (χ3n) is 2.52. The lowest BCUT2D eigenvalue weighted by Crippen LogP contribution is -2.17. The van der Waals surface area contributed by atoms with E-state index in [2.05, 4.69) is 20.7 Å². The van der Waals surface area contributed by atoms with E-state index in [1.54, 1.807) is 19.1 Å². The molecule has 0 radical (unpaired) electrons. The van der Waals surface area contributed by atoms with Crippen molar-refractivity contribution in [3.8, 4) is 0 Å². The van der Waals surface area contributed by atoms with Crippen LogP contribution in [0.3, 0.4) is 0 Å². The maximum Gasteiger partial charge on any atom is 0.351 e. The van der Waals surface area contributed by atoms with Gasteiger partial charge < -0.3 is 9.15 Å². The van der Waals surface area contributed by atoms with Crippen molar-refractivity contribution < 1.29 is 13.9 Å². The van der Waals surface area contributed by atoms with Crippen LogP contribution in [-0.4, -0.2) is 13.1 Å². The van der Waals surface area contributed by atoms with Crippen LogP contribution in [0.4, 0.5) is 0 Å². The first-order valence-corrected chi connectivity index (χ1v) is 5.65. The molecule has 1 aromatic heterocycles. The molecule has 1 heterocycles. The van der Waals surface area contributed by atoms with Crippen LogP contribution in [0, 0.1) is 6.92 Å². The van der Waals surface area contributed by atoms with Gasteiger partial charge in [0.25, 0.3) is 0 Å². The van der Waals surface area contributed by atoms with Crippen LogP contribution in [0.2, 0.25) is 0 Å². The van der Waals surface area contributed by atoms with Gasteiger partial charge in [-0.25, -0.2) is 9.59 Å². The molecule has 5 heteroatoms. The second-order valence-corrected chi connectivity index (χ2v) is 4.44. The zero-order valence-electron chi connectivity index (χ0n) is 9.24. The standard InChI is InChI=1S/C12H9BrO4/c1-6-8-4-3-7(13)5-9(8)17-12(15)10(6)11(14)16-2/h3-5H,1-2H3. The Kier molecular flexibility index (Phi) is 3.02. The summed E-state index contributed by atoms with van der Waals surface area (Å²) in [6, 6.07) is 5.28. The van der Waals surface area contributed by atoms with Crippen LogP contribution in [0.15, 0.2) is 31.9 Å². The number of benzene rings is 1. The van der Waals surface area contributed by atoms with Crippen molar-refractivity contribution in [2.24, 2.45) is 0 Å². The molecule has 1 aromatic carbocycles. The summed E-state index contributed by atoms with van der Waals surface area (Å²) in [6.07, 6.45) is 0. The number of carbonyl (C=O) groups is 1. The molecule has 2 aromatic rings. The number of ether oxygens (including phenoxy) is 1. The Morgan fingerprint density at radius 1 is 1.41 bits per heavy atom. The first kappa shape index (κ1) is 11.9. The predicted octanol–water partition coefficient (Wildman–Crippen LogP) is 2.65. The minimum atomic E-state index is -0.681. The van der Waals surface area contributed by atoms with Crippen LogP contribution < -0.4 is 5.63 Å². The molecule has 17 heavy (non-hydrogen) atoms. The van der Waals surface area contributed by atoms with E-state index in [0.717, 1.165) is 4.47 Å². The minimum Gasteiger partial charge on any atom is -0.465 e. The van der Waals surface area contributed by atoms with Crippen molar-refractivity contribution in [3.63, 3.8) is 0 Å². The number of hydrogen-bond acceptors (Lipinski definition) is 4. The molecule has 0 N–H and O–H groups in total. The quantitative estimate of drug-likeness (QED) is 0.600. The lowest BCUT2D eigenvalue weighted by molar-refractivity contribution is 0.0595. The van der Waals surface area contributed by atoms with Crippen LogP contribution >= 0.6 is 15.9 Å². The van der Waals surface area contributed by atoms with Crippen LogP contribution in [0.1, 0.15) is 15.9 Å². The summed E-state index contributed by atoms with van der Waals surface area (Å²) in [7, 11) is 1.23. The van der Waals surface area contributed by atoms with Gasteiger partial charge in [-0.05, 0) is 30.7 Å². The Labute approximate surface area is 105 Å². The van der Waals surface area contributed by atoms with E-state index in [9.17, 15) is 9.59 Å². The van der Waals surface area contributed by atoms with Gasteiger partial charge in [0.05, 0.1) is 7.11 Å². The molecule has 0 spiro atoms. The van der Waals surface area contributed by atoms with E-state index in [1.807, 2.05) is 6.07 Å². The SMILES string of the molecule is COC(=O)c1c(C)c2ccc(Br)cc2oc1=O. The van der Waals surface area contributed by atoms with E-state index in [0.29, 0.717) is 16.5 Å². The van der Waals surface area contributed by atoms with Gasteiger partial charge in [0.15, 0.2) is 0 Å². The first-order valence-electron chi connectivity index (χ1n) is 4.86. The molecule has 0 amide bonds. The number of aryl methyl sites for hydroxylation is 1. The highest BCUT2D eigenvalue weighted by Gasteiger charge is 2.18. The van der Waals surface area contributed by atoms with Gasteiger partial charge >= 0.3 is 11.6 Å². The Morgan fingerprint density at radius 3 is 2.76 bits per heavy atom. The van der Waals surface area contributed by atoms with Crippen molar-refractivity contribution in [1.82, 2.24) is 0 Å². The van der Waals surface area contributed by atoms with Crippen molar-refractivity contribution in [1.29, 1.82) is 0 Å². The van der Waals surface area contributed by atoms with Gasteiger partial charge in [-0.3, -0.25) is 0 Å². The summed E-state index contributed by atoms with van der Waals surface area (Å²) < 4.78 is 10.5. The average Bonchev–Trinajstić information content (AvgIpc) is 2.28.